The Morgan fingerprint density at radius 1 is 1.33 bits per heavy atom. The monoisotopic (exact) mass is 229 g/mol. The summed E-state index contributed by atoms with van der Waals surface area (Å²) in [5.74, 6) is 0.112. The highest BCUT2D eigenvalue weighted by atomic mass is 32.2. The smallest absolute Gasteiger partial charge is 0.235 e. The van der Waals surface area contributed by atoms with Gasteiger partial charge in [-0.3, -0.25) is 4.72 Å². The molecular weight excluding hydrogens is 214 g/mol. The summed E-state index contributed by atoms with van der Waals surface area (Å²) in [5.41, 5.74) is 0.466. The van der Waals surface area contributed by atoms with Crippen LogP contribution in [-0.4, -0.2) is 18.8 Å². The fraction of sp³-hybridized carbons (Fsp3) is 0.400. The van der Waals surface area contributed by atoms with Crippen molar-refractivity contribution < 1.29 is 13.5 Å². The topological polar surface area (TPSA) is 66.4 Å². The molecule has 4 nitrogen and oxygen atoms in total. The Labute approximate surface area is 90.0 Å². The molecule has 0 saturated heterocycles. The van der Waals surface area contributed by atoms with Crippen molar-refractivity contribution in [2.75, 3.05) is 4.72 Å². The third kappa shape index (κ3) is 3.13. The van der Waals surface area contributed by atoms with Crippen LogP contribution in [0, 0.1) is 0 Å². The van der Waals surface area contributed by atoms with Crippen LogP contribution < -0.4 is 4.72 Å². The van der Waals surface area contributed by atoms with Gasteiger partial charge in [0.1, 0.15) is 5.75 Å². The van der Waals surface area contributed by atoms with E-state index in [4.69, 9.17) is 5.11 Å². The van der Waals surface area contributed by atoms with Crippen LogP contribution in [0.2, 0.25) is 0 Å². The third-order valence-electron chi connectivity index (χ3n) is 2.23. The molecule has 1 rings (SSSR count). The van der Waals surface area contributed by atoms with Gasteiger partial charge >= 0.3 is 0 Å². The molecule has 0 fully saturated rings. The molecule has 1 atom stereocenters. The van der Waals surface area contributed by atoms with Gasteiger partial charge in [-0.25, -0.2) is 8.42 Å². The van der Waals surface area contributed by atoms with E-state index in [1.807, 2.05) is 6.92 Å². The van der Waals surface area contributed by atoms with E-state index in [2.05, 4.69) is 4.72 Å². The van der Waals surface area contributed by atoms with E-state index in [9.17, 15) is 8.42 Å². The lowest BCUT2D eigenvalue weighted by Crippen LogP contribution is -2.24. The molecule has 0 saturated carbocycles. The van der Waals surface area contributed by atoms with Crippen LogP contribution in [0.5, 0.6) is 5.75 Å². The minimum atomic E-state index is -3.31. The number of anilines is 1. The lowest BCUT2D eigenvalue weighted by atomic mass is 10.3. The number of aromatic hydroxyl groups is 1. The number of sulfonamides is 1. The molecule has 0 spiro atoms. The first-order chi connectivity index (χ1) is 6.95. The van der Waals surface area contributed by atoms with Crippen molar-refractivity contribution in [3.05, 3.63) is 24.3 Å². The minimum Gasteiger partial charge on any atom is -0.508 e. The van der Waals surface area contributed by atoms with E-state index in [-0.39, 0.29) is 5.75 Å². The second-order valence-electron chi connectivity index (χ2n) is 3.41. The average Bonchev–Trinajstić information content (AvgIpc) is 2.20. The van der Waals surface area contributed by atoms with Crippen molar-refractivity contribution in [2.45, 2.75) is 25.5 Å². The maximum Gasteiger partial charge on any atom is 0.235 e. The standard InChI is InChI=1S/C10H15NO3S/c1-3-8(2)15(13,14)11-9-4-6-10(12)7-5-9/h4-8,11-12H,3H2,1-2H3. The summed E-state index contributed by atoms with van der Waals surface area (Å²) in [4.78, 5) is 0. The highest BCUT2D eigenvalue weighted by Gasteiger charge is 2.18. The molecule has 0 aliphatic rings. The zero-order valence-corrected chi connectivity index (χ0v) is 9.58. The van der Waals surface area contributed by atoms with Gasteiger partial charge in [-0.05, 0) is 37.6 Å². The van der Waals surface area contributed by atoms with Gasteiger partial charge in [-0.15, -0.1) is 0 Å². The molecule has 0 heterocycles. The first kappa shape index (κ1) is 11.8. The maximum atomic E-state index is 11.6. The van der Waals surface area contributed by atoms with Crippen molar-refractivity contribution in [1.29, 1.82) is 0 Å². The third-order valence-corrected chi connectivity index (χ3v) is 4.15. The Morgan fingerprint density at radius 2 is 1.87 bits per heavy atom. The molecule has 84 valence electrons. The number of hydrogen-bond donors (Lipinski definition) is 2. The maximum absolute atomic E-state index is 11.6. The Balaban J connectivity index is 2.82. The van der Waals surface area contributed by atoms with Crippen LogP contribution >= 0.6 is 0 Å². The van der Waals surface area contributed by atoms with Crippen LogP contribution in [0.4, 0.5) is 5.69 Å². The zero-order chi connectivity index (χ0) is 11.5. The molecule has 0 aliphatic heterocycles. The number of phenols is 1. The zero-order valence-electron chi connectivity index (χ0n) is 8.77. The molecule has 15 heavy (non-hydrogen) atoms. The molecule has 0 bridgehead atoms. The Bertz CT molecular complexity index is 411. The van der Waals surface area contributed by atoms with Crippen LogP contribution in [0.1, 0.15) is 20.3 Å². The van der Waals surface area contributed by atoms with Gasteiger partial charge in [-0.1, -0.05) is 6.92 Å². The first-order valence-corrected chi connectivity index (χ1v) is 6.31. The molecule has 5 heteroatoms. The molecule has 0 radical (unpaired) electrons. The van der Waals surface area contributed by atoms with Crippen molar-refractivity contribution in [3.8, 4) is 5.75 Å². The van der Waals surface area contributed by atoms with Gasteiger partial charge in [0.15, 0.2) is 0 Å². The van der Waals surface area contributed by atoms with E-state index in [1.54, 1.807) is 6.92 Å². The van der Waals surface area contributed by atoms with Gasteiger partial charge < -0.3 is 5.11 Å². The van der Waals surface area contributed by atoms with Gasteiger partial charge in [0, 0.05) is 5.69 Å². The number of nitrogens with one attached hydrogen (secondary N) is 1. The van der Waals surface area contributed by atoms with Crippen LogP contribution in [0.3, 0.4) is 0 Å². The molecule has 1 unspecified atom stereocenters. The van der Waals surface area contributed by atoms with Gasteiger partial charge in [-0.2, -0.15) is 0 Å². The highest BCUT2D eigenvalue weighted by Crippen LogP contribution is 2.17. The predicted molar refractivity (Wildman–Crippen MR) is 60.4 cm³/mol. The minimum absolute atomic E-state index is 0.112. The lowest BCUT2D eigenvalue weighted by Gasteiger charge is -2.12. The van der Waals surface area contributed by atoms with E-state index < -0.39 is 15.3 Å². The summed E-state index contributed by atoms with van der Waals surface area (Å²) in [6.07, 6.45) is 0.563. The summed E-state index contributed by atoms with van der Waals surface area (Å²) in [6, 6.07) is 5.92. The second-order valence-corrected chi connectivity index (χ2v) is 5.51. The summed E-state index contributed by atoms with van der Waals surface area (Å²) in [7, 11) is -3.31. The fourth-order valence-corrected chi connectivity index (χ4v) is 2.12. The summed E-state index contributed by atoms with van der Waals surface area (Å²) >= 11 is 0. The van der Waals surface area contributed by atoms with Gasteiger partial charge in [0.05, 0.1) is 5.25 Å². The highest BCUT2D eigenvalue weighted by molar-refractivity contribution is 7.93. The van der Waals surface area contributed by atoms with E-state index >= 15 is 0 Å². The predicted octanol–water partition coefficient (Wildman–Crippen LogP) is 1.93. The molecule has 1 aromatic rings. The molecule has 0 amide bonds. The van der Waals surface area contributed by atoms with Gasteiger partial charge in [0.25, 0.3) is 0 Å². The van der Waals surface area contributed by atoms with Crippen LogP contribution in [0.15, 0.2) is 24.3 Å². The largest absolute Gasteiger partial charge is 0.508 e. The fourth-order valence-electron chi connectivity index (χ4n) is 1.01. The van der Waals surface area contributed by atoms with Crippen molar-refractivity contribution in [1.82, 2.24) is 0 Å². The normalized spacial score (nSPS) is 13.5. The molecule has 0 aliphatic carbocycles. The summed E-state index contributed by atoms with van der Waals surface area (Å²) in [5, 5.41) is 8.61. The number of hydrogen-bond acceptors (Lipinski definition) is 3. The van der Waals surface area contributed by atoms with Crippen LogP contribution in [0.25, 0.3) is 0 Å². The second kappa shape index (κ2) is 4.53. The van der Waals surface area contributed by atoms with Crippen molar-refractivity contribution in [2.24, 2.45) is 0 Å². The molecule has 1 aromatic carbocycles. The summed E-state index contributed by atoms with van der Waals surface area (Å²) < 4.78 is 25.7. The lowest BCUT2D eigenvalue weighted by molar-refractivity contribution is 0.475. The Hall–Kier alpha value is -1.23. The number of benzene rings is 1. The molecular formula is C10H15NO3S. The van der Waals surface area contributed by atoms with Crippen molar-refractivity contribution in [3.63, 3.8) is 0 Å². The summed E-state index contributed by atoms with van der Waals surface area (Å²) in [6.45, 7) is 3.48. The number of rotatable bonds is 4. The average molecular weight is 229 g/mol. The van der Waals surface area contributed by atoms with E-state index in [0.29, 0.717) is 12.1 Å². The Morgan fingerprint density at radius 3 is 2.33 bits per heavy atom. The molecule has 2 N–H and O–H groups in total. The van der Waals surface area contributed by atoms with Crippen molar-refractivity contribution >= 4 is 15.7 Å². The quantitative estimate of drug-likeness (QED) is 0.775. The molecule has 0 aromatic heterocycles. The van der Waals surface area contributed by atoms with Crippen LogP contribution in [-0.2, 0) is 10.0 Å². The van der Waals surface area contributed by atoms with E-state index in [1.165, 1.54) is 24.3 Å². The first-order valence-electron chi connectivity index (χ1n) is 4.76. The van der Waals surface area contributed by atoms with E-state index in [0.717, 1.165) is 0 Å². The number of phenolic OH excluding ortho intramolecular Hbond substituents is 1. The Kier molecular flexibility index (Phi) is 3.57. The SMILES string of the molecule is CCC(C)S(=O)(=O)Nc1ccc(O)cc1. The van der Waals surface area contributed by atoms with Gasteiger partial charge in [0.2, 0.25) is 10.0 Å².